The Bertz CT molecular complexity index is 680. The second kappa shape index (κ2) is 6.49. The molecule has 0 spiro atoms. The van der Waals surface area contributed by atoms with E-state index in [1.165, 1.54) is 17.3 Å². The number of carbonyl (C=O) groups is 1. The van der Waals surface area contributed by atoms with Crippen LogP contribution in [0.4, 0.5) is 0 Å². The Balaban J connectivity index is 0.000000613. The van der Waals surface area contributed by atoms with Crippen molar-refractivity contribution in [2.24, 2.45) is 33.9 Å². The molecular weight excluding hydrogens is 330 g/mol. The Labute approximate surface area is 155 Å². The van der Waals surface area contributed by atoms with E-state index in [0.29, 0.717) is 30.0 Å². The Morgan fingerprint density at radius 3 is 2.46 bits per heavy atom. The lowest BCUT2D eigenvalue weighted by molar-refractivity contribution is -0.119. The van der Waals surface area contributed by atoms with Gasteiger partial charge in [0, 0.05) is 11.8 Å². The summed E-state index contributed by atoms with van der Waals surface area (Å²) in [5.41, 5.74) is 0.575. The molecule has 0 amide bonds. The molecule has 0 aromatic carbocycles. The predicted octanol–water partition coefficient (Wildman–Crippen LogP) is 4.02. The molecule has 6 atom stereocenters. The zero-order chi connectivity index (χ0) is 19.2. The molecule has 0 bridgehead atoms. The molecule has 3 saturated carbocycles. The normalized spacial score (nSPS) is 46.5. The molecule has 0 aromatic rings. The van der Waals surface area contributed by atoms with Crippen LogP contribution in [0.15, 0.2) is 17.0 Å². The third kappa shape index (κ3) is 2.53. The third-order valence-corrected chi connectivity index (χ3v) is 8.35. The molecule has 5 heteroatoms. The van der Waals surface area contributed by atoms with Crippen molar-refractivity contribution >= 4 is 5.78 Å². The number of rotatable bonds is 0. The van der Waals surface area contributed by atoms with Gasteiger partial charge in [0.05, 0.1) is 0 Å². The average Bonchev–Trinajstić information content (AvgIpc) is 2.88. The monoisotopic (exact) mass is 359 g/mol. The standard InChI is InChI=1S/C21H28O2.HNO2/c1-4-21(23)12-9-18-16-6-5-14-13-15(22)7-10-19(14,2)17(16)8-11-20(18,21)3;2-1-3/h1,13,16-18,23H,5-12H2,2-3H3;(H,2,3)/t16-,17+,18+,19+,20+,21+;/m1./s1. The second-order valence-corrected chi connectivity index (χ2v) is 9.05. The first-order chi connectivity index (χ1) is 12.3. The maximum Gasteiger partial charge on any atom is 0.155 e. The minimum absolute atomic E-state index is 0.120. The molecule has 0 aliphatic heterocycles. The van der Waals surface area contributed by atoms with Gasteiger partial charge in [-0.1, -0.05) is 25.3 Å². The van der Waals surface area contributed by atoms with Gasteiger partial charge in [-0.3, -0.25) is 4.79 Å². The Kier molecular flexibility index (Phi) is 4.77. The van der Waals surface area contributed by atoms with E-state index < -0.39 is 5.60 Å². The maximum atomic E-state index is 11.8. The largest absolute Gasteiger partial charge is 0.379 e. The van der Waals surface area contributed by atoms with Crippen molar-refractivity contribution in [2.75, 3.05) is 0 Å². The Morgan fingerprint density at radius 1 is 1.15 bits per heavy atom. The molecule has 0 radical (unpaired) electrons. The van der Waals surface area contributed by atoms with Gasteiger partial charge in [-0.25, -0.2) is 0 Å². The Morgan fingerprint density at radius 2 is 1.81 bits per heavy atom. The summed E-state index contributed by atoms with van der Waals surface area (Å²) in [5.74, 6) is 4.93. The van der Waals surface area contributed by atoms with Crippen LogP contribution in [0.5, 0.6) is 0 Å². The minimum atomic E-state index is -0.914. The lowest BCUT2D eigenvalue weighted by Gasteiger charge is -2.58. The zero-order valence-electron chi connectivity index (χ0n) is 15.7. The van der Waals surface area contributed by atoms with Crippen LogP contribution in [0, 0.1) is 45.8 Å². The fraction of sp³-hybridized carbons (Fsp3) is 0.762. The predicted molar refractivity (Wildman–Crippen MR) is 98.1 cm³/mol. The summed E-state index contributed by atoms with van der Waals surface area (Å²) in [6.45, 7) is 4.63. The van der Waals surface area contributed by atoms with Gasteiger partial charge in [0.15, 0.2) is 11.1 Å². The quantitative estimate of drug-likeness (QED) is 0.388. The summed E-state index contributed by atoms with van der Waals surface area (Å²) in [6.07, 6.45) is 15.6. The van der Waals surface area contributed by atoms with Crippen molar-refractivity contribution in [3.63, 3.8) is 0 Å². The number of ketones is 1. The van der Waals surface area contributed by atoms with Gasteiger partial charge in [-0.05, 0) is 74.2 Å². The maximum absolute atomic E-state index is 11.8. The van der Waals surface area contributed by atoms with Crippen molar-refractivity contribution in [3.8, 4) is 12.3 Å². The summed E-state index contributed by atoms with van der Waals surface area (Å²) < 4.78 is 0. The Hall–Kier alpha value is -1.67. The minimum Gasteiger partial charge on any atom is -0.379 e. The number of carbonyl (C=O) groups excluding carboxylic acids is 1. The van der Waals surface area contributed by atoms with E-state index in [1.807, 2.05) is 6.08 Å². The number of hydrogen-bond donors (Lipinski definition) is 2. The first-order valence-corrected chi connectivity index (χ1v) is 9.66. The molecule has 0 heterocycles. The highest BCUT2D eigenvalue weighted by Crippen LogP contribution is 2.67. The molecule has 4 aliphatic carbocycles. The molecule has 0 aromatic heterocycles. The smallest absolute Gasteiger partial charge is 0.155 e. The number of hydrogen-bond acceptors (Lipinski definition) is 4. The van der Waals surface area contributed by atoms with Gasteiger partial charge in [0.1, 0.15) is 5.60 Å². The fourth-order valence-electron chi connectivity index (χ4n) is 6.81. The van der Waals surface area contributed by atoms with Crippen molar-refractivity contribution in [1.82, 2.24) is 0 Å². The van der Waals surface area contributed by atoms with Crippen LogP contribution < -0.4 is 0 Å². The van der Waals surface area contributed by atoms with E-state index >= 15 is 0 Å². The molecule has 142 valence electrons. The van der Waals surface area contributed by atoms with E-state index in [2.05, 4.69) is 19.8 Å². The van der Waals surface area contributed by atoms with E-state index in [0.717, 1.165) is 38.5 Å². The number of fused-ring (bicyclic) bond motifs is 5. The summed E-state index contributed by atoms with van der Waals surface area (Å²) >= 11 is 0. The lowest BCUT2D eigenvalue weighted by Crippen LogP contribution is -2.54. The highest BCUT2D eigenvalue weighted by atomic mass is 16.6. The van der Waals surface area contributed by atoms with E-state index in [4.69, 9.17) is 16.5 Å². The summed E-state index contributed by atoms with van der Waals surface area (Å²) in [4.78, 5) is 20.0. The number of nitrogens with zero attached hydrogens (tertiary/aromatic N) is 1. The molecule has 5 nitrogen and oxygen atoms in total. The highest BCUT2D eigenvalue weighted by Gasteiger charge is 2.63. The van der Waals surface area contributed by atoms with Gasteiger partial charge >= 0.3 is 0 Å². The van der Waals surface area contributed by atoms with Crippen molar-refractivity contribution in [2.45, 2.75) is 70.8 Å². The van der Waals surface area contributed by atoms with Crippen LogP contribution in [-0.4, -0.2) is 21.7 Å². The second-order valence-electron chi connectivity index (χ2n) is 9.05. The van der Waals surface area contributed by atoms with Crippen LogP contribution in [-0.2, 0) is 4.79 Å². The van der Waals surface area contributed by atoms with Crippen LogP contribution in [0.25, 0.3) is 0 Å². The zero-order valence-corrected chi connectivity index (χ0v) is 15.7. The molecular formula is C21H29NO4. The number of terminal acetylenes is 1. The van der Waals surface area contributed by atoms with Crippen LogP contribution >= 0.6 is 0 Å². The molecule has 3 fully saturated rings. The van der Waals surface area contributed by atoms with E-state index in [1.54, 1.807) is 0 Å². The highest BCUT2D eigenvalue weighted by molar-refractivity contribution is 5.91. The molecule has 0 unspecified atom stereocenters. The molecule has 0 saturated heterocycles. The van der Waals surface area contributed by atoms with Crippen LogP contribution in [0.3, 0.4) is 0 Å². The van der Waals surface area contributed by atoms with Crippen LogP contribution in [0.1, 0.15) is 65.2 Å². The van der Waals surface area contributed by atoms with Crippen molar-refractivity contribution in [3.05, 3.63) is 16.6 Å². The van der Waals surface area contributed by atoms with Crippen LogP contribution in [0.2, 0.25) is 0 Å². The SMILES string of the molecule is C#C[C@]1(O)CC[C@H]2[C@@H]3CCC4=CC(=O)CC[C@]4(C)[C@H]3CC[C@@]21C.O=NO. The third-order valence-electron chi connectivity index (χ3n) is 8.35. The van der Waals surface area contributed by atoms with Crippen molar-refractivity contribution < 1.29 is 15.1 Å². The van der Waals surface area contributed by atoms with Gasteiger partial charge in [0.25, 0.3) is 0 Å². The van der Waals surface area contributed by atoms with Gasteiger partial charge < -0.3 is 10.3 Å². The summed E-state index contributed by atoms with van der Waals surface area (Å²) in [5, 5.41) is 18.9. The molecule has 2 N–H and O–H groups in total. The average molecular weight is 359 g/mol. The fourth-order valence-corrected chi connectivity index (χ4v) is 6.81. The lowest BCUT2D eigenvalue weighted by atomic mass is 9.46. The van der Waals surface area contributed by atoms with E-state index in [-0.39, 0.29) is 10.8 Å². The molecule has 26 heavy (non-hydrogen) atoms. The van der Waals surface area contributed by atoms with E-state index in [9.17, 15) is 9.90 Å². The summed E-state index contributed by atoms with van der Waals surface area (Å²) in [6, 6.07) is 0. The van der Waals surface area contributed by atoms with Crippen molar-refractivity contribution in [1.29, 1.82) is 0 Å². The number of aliphatic hydroxyl groups is 1. The summed E-state index contributed by atoms with van der Waals surface area (Å²) in [7, 11) is 0. The van der Waals surface area contributed by atoms with Gasteiger partial charge in [-0.2, -0.15) is 0 Å². The molecule has 4 aliphatic rings. The topological polar surface area (TPSA) is 87.0 Å². The van der Waals surface area contributed by atoms with Gasteiger partial charge in [0.2, 0.25) is 0 Å². The molecule has 4 rings (SSSR count). The van der Waals surface area contributed by atoms with Gasteiger partial charge in [-0.15, -0.1) is 11.3 Å². The number of allylic oxidation sites excluding steroid dienone is 1. The first-order valence-electron chi connectivity index (χ1n) is 9.66. The first kappa shape index (κ1) is 19.1.